The van der Waals surface area contributed by atoms with Crippen molar-refractivity contribution in [3.8, 4) is 22.3 Å². The Balaban J connectivity index is 2.17. The maximum Gasteiger partial charge on any atom is 0.339 e. The Kier molecular flexibility index (Phi) is 8.60. The van der Waals surface area contributed by atoms with Gasteiger partial charge in [-0.15, -0.1) is 0 Å². The molecule has 0 fully saturated rings. The van der Waals surface area contributed by atoms with Crippen LogP contribution in [0.15, 0.2) is 53.4 Å². The van der Waals surface area contributed by atoms with Crippen molar-refractivity contribution in [3.05, 3.63) is 81.9 Å². The number of methoxy groups -OCH3 is 1. The number of carbonyl (C=O) groups excluding carboxylic acids is 2. The molecule has 0 bridgehead atoms. The van der Waals surface area contributed by atoms with E-state index in [0.717, 1.165) is 35.7 Å². The number of sulfonamides is 1. The first-order valence-corrected chi connectivity index (χ1v) is 12.6. The van der Waals surface area contributed by atoms with Gasteiger partial charge in [-0.25, -0.2) is 26.3 Å². The van der Waals surface area contributed by atoms with Crippen LogP contribution in [0.25, 0.3) is 11.1 Å². The van der Waals surface area contributed by atoms with E-state index in [9.17, 15) is 26.8 Å². The first-order chi connectivity index (χ1) is 17.4. The van der Waals surface area contributed by atoms with E-state index < -0.39 is 33.5 Å². The van der Waals surface area contributed by atoms with Crippen molar-refractivity contribution in [2.75, 3.05) is 26.5 Å². The van der Waals surface area contributed by atoms with E-state index in [2.05, 4.69) is 29.1 Å². The van der Waals surface area contributed by atoms with E-state index in [1.807, 2.05) is 0 Å². The van der Waals surface area contributed by atoms with Gasteiger partial charge in [0.25, 0.3) is 5.91 Å². The lowest BCUT2D eigenvalue weighted by molar-refractivity contribution is 0.0602. The Bertz CT molecular complexity index is 1580. The summed E-state index contributed by atoms with van der Waals surface area (Å²) < 4.78 is 58.9. The third kappa shape index (κ3) is 5.94. The third-order valence-electron chi connectivity index (χ3n) is 5.19. The van der Waals surface area contributed by atoms with Crippen molar-refractivity contribution in [2.45, 2.75) is 4.90 Å². The molecule has 3 aromatic carbocycles. The van der Waals surface area contributed by atoms with E-state index in [1.165, 1.54) is 38.4 Å². The second kappa shape index (κ2) is 11.3. The summed E-state index contributed by atoms with van der Waals surface area (Å²) >= 11 is 10.0. The Morgan fingerprint density at radius 3 is 2.24 bits per heavy atom. The number of carbonyl (C=O) groups is 2. The lowest BCUT2D eigenvalue weighted by atomic mass is 10.0. The Labute approximate surface area is 222 Å². The summed E-state index contributed by atoms with van der Waals surface area (Å²) in [4.78, 5) is 25.3. The van der Waals surface area contributed by atoms with E-state index in [0.29, 0.717) is 5.56 Å². The second-order valence-corrected chi connectivity index (χ2v) is 10.4. The monoisotopic (exact) mass is 564 g/mol. The minimum atomic E-state index is -4.14. The minimum Gasteiger partial charge on any atom is -0.465 e. The third-order valence-corrected chi connectivity index (χ3v) is 7.47. The van der Waals surface area contributed by atoms with Crippen LogP contribution in [-0.4, -0.2) is 45.8 Å². The van der Waals surface area contributed by atoms with Crippen molar-refractivity contribution in [1.29, 1.82) is 0 Å². The molecule has 12 heteroatoms. The molecule has 0 aliphatic heterocycles. The molecule has 3 aromatic rings. The van der Waals surface area contributed by atoms with Gasteiger partial charge >= 0.3 is 5.97 Å². The predicted molar refractivity (Wildman–Crippen MR) is 139 cm³/mol. The zero-order valence-electron chi connectivity index (χ0n) is 19.6. The summed E-state index contributed by atoms with van der Waals surface area (Å²) in [6.45, 7) is 0. The van der Waals surface area contributed by atoms with Crippen LogP contribution in [0.4, 0.5) is 14.5 Å². The predicted octanol–water partition coefficient (Wildman–Crippen LogP) is 4.81. The SMILES string of the molecule is COC(=O)c1ccc(-c2ccc(F)c(F)c2)cc1NC(=O)c1cc(Cl)c(C#CS)cc1S(=O)(=O)N(C)C. The Morgan fingerprint density at radius 1 is 1.00 bits per heavy atom. The van der Waals surface area contributed by atoms with Crippen LogP contribution in [0.3, 0.4) is 0 Å². The Hall–Kier alpha value is -3.43. The van der Waals surface area contributed by atoms with Crippen molar-refractivity contribution >= 4 is 51.8 Å². The van der Waals surface area contributed by atoms with Gasteiger partial charge in [-0.05, 0) is 52.8 Å². The van der Waals surface area contributed by atoms with E-state index in [4.69, 9.17) is 16.3 Å². The molecule has 0 saturated heterocycles. The molecular formula is C25H19ClF2N2O5S2. The molecule has 0 aliphatic carbocycles. The van der Waals surface area contributed by atoms with Gasteiger partial charge in [0.15, 0.2) is 11.6 Å². The van der Waals surface area contributed by atoms with E-state index in [-0.39, 0.29) is 37.9 Å². The van der Waals surface area contributed by atoms with Crippen LogP contribution in [0.2, 0.25) is 5.02 Å². The zero-order valence-corrected chi connectivity index (χ0v) is 22.1. The quantitative estimate of drug-likeness (QED) is 0.255. The van der Waals surface area contributed by atoms with Gasteiger partial charge in [-0.2, -0.15) is 0 Å². The van der Waals surface area contributed by atoms with Gasteiger partial charge in [-0.1, -0.05) is 42.3 Å². The van der Waals surface area contributed by atoms with Crippen molar-refractivity contribution in [1.82, 2.24) is 4.31 Å². The fourth-order valence-electron chi connectivity index (χ4n) is 3.28. The molecule has 0 aromatic heterocycles. The lowest BCUT2D eigenvalue weighted by Crippen LogP contribution is -2.26. The van der Waals surface area contributed by atoms with Gasteiger partial charge in [0.05, 0.1) is 33.8 Å². The summed E-state index contributed by atoms with van der Waals surface area (Å²) in [7, 11) is -0.427. The van der Waals surface area contributed by atoms with Crippen LogP contribution in [0.1, 0.15) is 26.3 Å². The van der Waals surface area contributed by atoms with Crippen LogP contribution >= 0.6 is 24.2 Å². The zero-order chi connectivity index (χ0) is 27.5. The van der Waals surface area contributed by atoms with Gasteiger partial charge in [-0.3, -0.25) is 4.79 Å². The molecule has 0 heterocycles. The molecule has 192 valence electrons. The average molecular weight is 565 g/mol. The number of halogens is 3. The van der Waals surface area contributed by atoms with E-state index >= 15 is 0 Å². The number of thiol groups is 1. The maximum atomic E-state index is 13.8. The highest BCUT2D eigenvalue weighted by Crippen LogP contribution is 2.30. The number of esters is 1. The number of hydrogen-bond donors (Lipinski definition) is 2. The molecule has 0 aliphatic rings. The molecule has 0 unspecified atom stereocenters. The molecule has 0 atom stereocenters. The smallest absolute Gasteiger partial charge is 0.339 e. The first-order valence-electron chi connectivity index (χ1n) is 10.3. The minimum absolute atomic E-state index is 0.00636. The molecular weight excluding hydrogens is 546 g/mol. The van der Waals surface area contributed by atoms with Crippen molar-refractivity contribution in [3.63, 3.8) is 0 Å². The number of hydrogen-bond acceptors (Lipinski definition) is 6. The molecule has 1 amide bonds. The molecule has 0 spiro atoms. The van der Waals surface area contributed by atoms with Crippen molar-refractivity contribution in [2.24, 2.45) is 0 Å². The van der Waals surface area contributed by atoms with Gasteiger partial charge in [0.1, 0.15) is 0 Å². The number of nitrogens with one attached hydrogen (secondary N) is 1. The summed E-state index contributed by atoms with van der Waals surface area (Å²) in [5.41, 5.74) is 0.270. The average Bonchev–Trinajstić information content (AvgIpc) is 2.86. The molecule has 1 N–H and O–H groups in total. The Morgan fingerprint density at radius 2 is 1.65 bits per heavy atom. The summed E-state index contributed by atoms with van der Waals surface area (Å²) in [6.07, 6.45) is 0. The highest BCUT2D eigenvalue weighted by molar-refractivity contribution is 7.89. The van der Waals surface area contributed by atoms with Gasteiger partial charge < -0.3 is 10.1 Å². The number of benzene rings is 3. The standard InChI is InChI=1S/C25H19ClF2N2O5S2/c1-30(2)37(33,34)23-12-16(8-9-36)19(26)13-18(23)24(31)29-22-11-15(4-6-17(22)25(32)35-3)14-5-7-20(27)21(28)10-14/h4-7,10-13,36H,1-3H3,(H,29,31). The van der Waals surface area contributed by atoms with Crippen molar-refractivity contribution < 1.29 is 31.5 Å². The summed E-state index contributed by atoms with van der Waals surface area (Å²) in [5, 5.41) is 4.83. The molecule has 37 heavy (non-hydrogen) atoms. The summed E-state index contributed by atoms with van der Waals surface area (Å²) in [6, 6.07) is 9.63. The maximum absolute atomic E-state index is 13.8. The fourth-order valence-corrected chi connectivity index (χ4v) is 4.70. The van der Waals surface area contributed by atoms with Gasteiger partial charge in [0, 0.05) is 19.7 Å². The summed E-state index contributed by atoms with van der Waals surface area (Å²) in [5.74, 6) is -1.28. The number of rotatable bonds is 6. The second-order valence-electron chi connectivity index (χ2n) is 7.69. The molecule has 0 saturated carbocycles. The lowest BCUT2D eigenvalue weighted by Gasteiger charge is -2.17. The normalized spacial score (nSPS) is 11.0. The number of nitrogens with zero attached hydrogens (tertiary/aromatic N) is 1. The number of ether oxygens (including phenoxy) is 1. The van der Waals surface area contributed by atoms with Crippen LogP contribution in [-0.2, 0) is 14.8 Å². The number of anilines is 1. The topological polar surface area (TPSA) is 92.8 Å². The molecule has 0 radical (unpaired) electrons. The first kappa shape index (κ1) is 28.1. The number of amides is 1. The largest absolute Gasteiger partial charge is 0.465 e. The molecule has 7 nitrogen and oxygen atoms in total. The van der Waals surface area contributed by atoms with Crippen LogP contribution in [0.5, 0.6) is 0 Å². The molecule has 3 rings (SSSR count). The van der Waals surface area contributed by atoms with Crippen LogP contribution < -0.4 is 5.32 Å². The highest BCUT2D eigenvalue weighted by atomic mass is 35.5. The van der Waals surface area contributed by atoms with Gasteiger partial charge in [0.2, 0.25) is 10.0 Å². The highest BCUT2D eigenvalue weighted by Gasteiger charge is 2.27. The van der Waals surface area contributed by atoms with Crippen LogP contribution in [0, 0.1) is 22.8 Å². The van der Waals surface area contributed by atoms with E-state index in [1.54, 1.807) is 0 Å². The fraction of sp³-hybridized carbons (Fsp3) is 0.120.